The summed E-state index contributed by atoms with van der Waals surface area (Å²) in [6.45, 7) is 3.41. The number of para-hydroxylation sites is 2. The van der Waals surface area contributed by atoms with Crippen LogP contribution in [-0.4, -0.2) is 70.9 Å². The molecule has 7 rings (SSSR count). The van der Waals surface area contributed by atoms with Gasteiger partial charge in [0.15, 0.2) is 5.65 Å². The van der Waals surface area contributed by atoms with Gasteiger partial charge < -0.3 is 19.9 Å². The third-order valence-electron chi connectivity index (χ3n) is 7.14. The fourth-order valence-electron chi connectivity index (χ4n) is 5.45. The number of aromatic amines is 1. The highest BCUT2D eigenvalue weighted by Crippen LogP contribution is 2.32. The first-order valence-electron chi connectivity index (χ1n) is 12.0. The van der Waals surface area contributed by atoms with Crippen molar-refractivity contribution in [2.45, 2.75) is 32.0 Å². The van der Waals surface area contributed by atoms with Crippen LogP contribution < -0.4 is 4.90 Å². The number of amides is 1. The minimum atomic E-state index is -0.426. The van der Waals surface area contributed by atoms with Gasteiger partial charge in [0.1, 0.15) is 5.82 Å². The number of pyridine rings is 2. The van der Waals surface area contributed by atoms with Gasteiger partial charge in [-0.05, 0) is 37.6 Å². The molecule has 0 saturated carbocycles. The summed E-state index contributed by atoms with van der Waals surface area (Å²) in [6.07, 6.45) is 3.56. The third kappa shape index (κ3) is 3.25. The SMILES string of the molecule is Cc1nn(-c2nc3ccccc3[nH]2)c2ncc(C(=O)N3Cc4cccnc4N4C[C@H](O)C[C@@H]4C3)cc12. The Kier molecular flexibility index (Phi) is 4.58. The second kappa shape index (κ2) is 7.85. The number of anilines is 1. The van der Waals surface area contributed by atoms with Crippen molar-refractivity contribution in [3.63, 3.8) is 0 Å². The lowest BCUT2D eigenvalue weighted by molar-refractivity contribution is 0.0733. The molecule has 1 amide bonds. The minimum Gasteiger partial charge on any atom is -0.391 e. The molecule has 10 heteroatoms. The Hall–Kier alpha value is -4.31. The van der Waals surface area contributed by atoms with E-state index in [-0.39, 0.29) is 11.9 Å². The molecule has 1 fully saturated rings. The lowest BCUT2D eigenvalue weighted by atomic mass is 10.1. The summed E-state index contributed by atoms with van der Waals surface area (Å²) in [5.74, 6) is 1.33. The van der Waals surface area contributed by atoms with Crippen LogP contribution in [0.1, 0.15) is 28.0 Å². The van der Waals surface area contributed by atoms with Crippen molar-refractivity contribution in [2.75, 3.05) is 18.0 Å². The number of carbonyl (C=O) groups is 1. The van der Waals surface area contributed by atoms with Gasteiger partial charge in [-0.2, -0.15) is 9.78 Å². The Bertz CT molecular complexity index is 1610. The molecule has 4 aromatic heterocycles. The van der Waals surface area contributed by atoms with Crippen LogP contribution in [0.5, 0.6) is 0 Å². The molecule has 2 N–H and O–H groups in total. The molecule has 2 aliphatic rings. The number of nitrogens with zero attached hydrogens (tertiary/aromatic N) is 7. The number of fused-ring (bicyclic) bond motifs is 5. The van der Waals surface area contributed by atoms with Crippen molar-refractivity contribution >= 4 is 33.8 Å². The average molecular weight is 481 g/mol. The number of aliphatic hydroxyl groups excluding tert-OH is 1. The van der Waals surface area contributed by atoms with Gasteiger partial charge in [-0.3, -0.25) is 4.79 Å². The van der Waals surface area contributed by atoms with E-state index in [0.717, 1.165) is 33.5 Å². The van der Waals surface area contributed by atoms with Crippen LogP contribution in [-0.2, 0) is 6.54 Å². The first kappa shape index (κ1) is 21.0. The van der Waals surface area contributed by atoms with Gasteiger partial charge in [0.25, 0.3) is 5.91 Å². The number of H-pyrrole nitrogens is 1. The maximum atomic E-state index is 13.7. The predicted octanol–water partition coefficient (Wildman–Crippen LogP) is 2.60. The molecule has 180 valence electrons. The molecule has 2 atom stereocenters. The second-order valence-electron chi connectivity index (χ2n) is 9.54. The van der Waals surface area contributed by atoms with E-state index in [4.69, 9.17) is 0 Å². The zero-order chi connectivity index (χ0) is 24.4. The minimum absolute atomic E-state index is 0.0226. The van der Waals surface area contributed by atoms with Crippen molar-refractivity contribution in [3.8, 4) is 5.95 Å². The van der Waals surface area contributed by atoms with Crippen molar-refractivity contribution in [1.82, 2.24) is 34.6 Å². The van der Waals surface area contributed by atoms with Crippen molar-refractivity contribution in [2.24, 2.45) is 0 Å². The van der Waals surface area contributed by atoms with Crippen LogP contribution in [0.15, 0.2) is 54.9 Å². The molecule has 2 aliphatic heterocycles. The normalized spacial score (nSPS) is 19.5. The highest BCUT2D eigenvalue weighted by Gasteiger charge is 2.38. The van der Waals surface area contributed by atoms with E-state index >= 15 is 0 Å². The van der Waals surface area contributed by atoms with Crippen molar-refractivity contribution in [3.05, 3.63) is 71.7 Å². The van der Waals surface area contributed by atoms with E-state index in [9.17, 15) is 9.90 Å². The van der Waals surface area contributed by atoms with Crippen LogP contribution in [0.3, 0.4) is 0 Å². The fraction of sp³-hybridized carbons (Fsp3) is 0.269. The molecule has 0 unspecified atom stereocenters. The van der Waals surface area contributed by atoms with Crippen LogP contribution in [0.25, 0.3) is 28.0 Å². The van der Waals surface area contributed by atoms with E-state index in [1.165, 1.54) is 0 Å². The summed E-state index contributed by atoms with van der Waals surface area (Å²) >= 11 is 0. The summed E-state index contributed by atoms with van der Waals surface area (Å²) in [7, 11) is 0. The molecular formula is C26H24N8O2. The Labute approximate surface area is 206 Å². The summed E-state index contributed by atoms with van der Waals surface area (Å²) in [6, 6.07) is 13.6. The number of rotatable bonds is 2. The third-order valence-corrected chi connectivity index (χ3v) is 7.14. The van der Waals surface area contributed by atoms with Crippen LogP contribution in [0.4, 0.5) is 5.82 Å². The van der Waals surface area contributed by atoms with Crippen LogP contribution in [0.2, 0.25) is 0 Å². The highest BCUT2D eigenvalue weighted by molar-refractivity contribution is 5.97. The van der Waals surface area contributed by atoms with Gasteiger partial charge in [0, 0.05) is 43.0 Å². The van der Waals surface area contributed by atoms with Crippen LogP contribution in [0, 0.1) is 6.92 Å². The van der Waals surface area contributed by atoms with Gasteiger partial charge >= 0.3 is 0 Å². The number of aryl methyl sites for hydroxylation is 1. The molecule has 10 nitrogen and oxygen atoms in total. The molecule has 1 saturated heterocycles. The molecule has 0 bridgehead atoms. The van der Waals surface area contributed by atoms with E-state index in [0.29, 0.717) is 43.2 Å². The quantitative estimate of drug-likeness (QED) is 0.399. The number of imidazole rings is 1. The zero-order valence-electron chi connectivity index (χ0n) is 19.7. The lowest BCUT2D eigenvalue weighted by Crippen LogP contribution is -2.40. The Morgan fingerprint density at radius 3 is 2.92 bits per heavy atom. The summed E-state index contributed by atoms with van der Waals surface area (Å²) in [5, 5.41) is 15.8. The lowest BCUT2D eigenvalue weighted by Gasteiger charge is -2.26. The van der Waals surface area contributed by atoms with E-state index in [1.807, 2.05) is 54.3 Å². The summed E-state index contributed by atoms with van der Waals surface area (Å²) in [4.78, 5) is 34.8. The maximum Gasteiger partial charge on any atom is 0.255 e. The molecule has 0 aliphatic carbocycles. The Morgan fingerprint density at radius 2 is 2.03 bits per heavy atom. The van der Waals surface area contributed by atoms with E-state index in [2.05, 4.69) is 29.9 Å². The number of hydrogen-bond acceptors (Lipinski definition) is 7. The van der Waals surface area contributed by atoms with Gasteiger partial charge in [-0.25, -0.2) is 15.0 Å². The summed E-state index contributed by atoms with van der Waals surface area (Å²) < 4.78 is 1.69. The predicted molar refractivity (Wildman–Crippen MR) is 134 cm³/mol. The highest BCUT2D eigenvalue weighted by atomic mass is 16.3. The fourth-order valence-corrected chi connectivity index (χ4v) is 5.45. The second-order valence-corrected chi connectivity index (χ2v) is 9.54. The first-order chi connectivity index (χ1) is 17.5. The molecule has 0 radical (unpaired) electrons. The number of hydrogen-bond donors (Lipinski definition) is 2. The summed E-state index contributed by atoms with van der Waals surface area (Å²) in [5.41, 5.74) is 4.66. The zero-order valence-corrected chi connectivity index (χ0v) is 19.7. The van der Waals surface area contributed by atoms with Gasteiger partial charge in [0.05, 0.1) is 34.4 Å². The maximum absolute atomic E-state index is 13.7. The van der Waals surface area contributed by atoms with Crippen molar-refractivity contribution < 1.29 is 9.90 Å². The molecule has 1 aromatic carbocycles. The molecule has 36 heavy (non-hydrogen) atoms. The van der Waals surface area contributed by atoms with Crippen molar-refractivity contribution in [1.29, 1.82) is 0 Å². The number of benzene rings is 1. The number of aliphatic hydroxyl groups is 1. The average Bonchev–Trinajstić information content (AvgIpc) is 3.55. The van der Waals surface area contributed by atoms with Gasteiger partial charge in [0.2, 0.25) is 5.95 Å². The molecule has 0 spiro atoms. The standard InChI is InChI=1S/C26H24N8O2/c1-15-20-9-17(11-28-24(20)34(31-15)26-29-21-6-2-3-7-22(21)30-26)25(36)32-12-16-5-4-8-27-23(16)33-14-19(35)10-18(33)13-32/h2-9,11,18-19,35H,10,12-14H2,1H3,(H,29,30)/t18-,19-/m1/s1. The van der Waals surface area contributed by atoms with E-state index in [1.54, 1.807) is 17.1 Å². The number of aromatic nitrogens is 6. The Morgan fingerprint density at radius 1 is 1.14 bits per heavy atom. The monoisotopic (exact) mass is 480 g/mol. The number of carbonyl (C=O) groups excluding carboxylic acids is 1. The van der Waals surface area contributed by atoms with Gasteiger partial charge in [-0.15, -0.1) is 0 Å². The molecule has 6 heterocycles. The smallest absolute Gasteiger partial charge is 0.255 e. The number of nitrogens with one attached hydrogen (secondary N) is 1. The van der Waals surface area contributed by atoms with Crippen LogP contribution >= 0.6 is 0 Å². The Balaban J connectivity index is 1.25. The van der Waals surface area contributed by atoms with Gasteiger partial charge in [-0.1, -0.05) is 18.2 Å². The van der Waals surface area contributed by atoms with E-state index < -0.39 is 6.10 Å². The molecular weight excluding hydrogens is 456 g/mol. The largest absolute Gasteiger partial charge is 0.391 e. The first-order valence-corrected chi connectivity index (χ1v) is 12.0. The molecule has 5 aromatic rings. The topological polar surface area (TPSA) is 116 Å².